The van der Waals surface area contributed by atoms with Gasteiger partial charge in [-0.15, -0.1) is 6.58 Å². The number of nitrogens with one attached hydrogen (secondary N) is 5. The van der Waals surface area contributed by atoms with Crippen molar-refractivity contribution in [3.63, 3.8) is 0 Å². The molecule has 0 aromatic rings. The Kier molecular flexibility index (Phi) is 12.4. The number of amidine groups is 1. The van der Waals surface area contributed by atoms with Crippen molar-refractivity contribution in [3.05, 3.63) is 72.7 Å². The van der Waals surface area contributed by atoms with Crippen LogP contribution in [0.5, 0.6) is 0 Å². The van der Waals surface area contributed by atoms with E-state index in [9.17, 15) is 4.39 Å². The molecule has 0 amide bonds. The molecular formula is C33H51FN8. The van der Waals surface area contributed by atoms with Gasteiger partial charge in [-0.2, -0.15) is 0 Å². The summed E-state index contributed by atoms with van der Waals surface area (Å²) in [5.41, 5.74) is 1.76. The zero-order valence-corrected chi connectivity index (χ0v) is 25.4. The first kappa shape index (κ1) is 31.8. The molecule has 0 spiro atoms. The van der Waals surface area contributed by atoms with Crippen LogP contribution >= 0.6 is 0 Å². The van der Waals surface area contributed by atoms with Gasteiger partial charge in [0.25, 0.3) is 0 Å². The predicted octanol–water partition coefficient (Wildman–Crippen LogP) is 4.71. The number of allylic oxidation sites excluding steroid dienone is 3. The number of rotatable bonds is 13. The second-order valence-electron chi connectivity index (χ2n) is 12.0. The van der Waals surface area contributed by atoms with Crippen molar-refractivity contribution < 1.29 is 4.39 Å². The van der Waals surface area contributed by atoms with E-state index in [4.69, 9.17) is 10.4 Å². The Bertz CT molecular complexity index is 1070. The monoisotopic (exact) mass is 578 g/mol. The van der Waals surface area contributed by atoms with Gasteiger partial charge in [0.05, 0.1) is 5.57 Å². The van der Waals surface area contributed by atoms with Crippen LogP contribution in [0, 0.1) is 11.3 Å². The molecule has 0 radical (unpaired) electrons. The van der Waals surface area contributed by atoms with E-state index >= 15 is 0 Å². The molecule has 0 bridgehead atoms. The van der Waals surface area contributed by atoms with E-state index in [0.717, 1.165) is 82.3 Å². The highest BCUT2D eigenvalue weighted by atomic mass is 19.1. The number of nitrogens with zero attached hydrogens (tertiary/aromatic N) is 3. The quantitative estimate of drug-likeness (QED) is 0.161. The number of hydrogen-bond donors (Lipinski definition) is 5. The van der Waals surface area contributed by atoms with Gasteiger partial charge in [0.1, 0.15) is 17.8 Å². The van der Waals surface area contributed by atoms with Gasteiger partial charge in [-0.05, 0) is 63.9 Å². The standard InChI is InChI=1S/C33H51FN8/c1-4-16-41-17-19-42(20-18-41)24-27-10-12-28(13-11-27)37-23-30(21-25(2)34)38-26(3)31(22-35)33-36-15-14-32(40-33)39-29-8-6-5-7-9-29/h4,6,8,14-15,22-23,25,27-29,35-38H,1,3,5,7,9-13,16-21,24H2,2H3,(H,39,40)/b30-23+,33-31-,35-22?. The Morgan fingerprint density at radius 3 is 2.62 bits per heavy atom. The van der Waals surface area contributed by atoms with E-state index < -0.39 is 6.17 Å². The second kappa shape index (κ2) is 16.5. The fourth-order valence-electron chi connectivity index (χ4n) is 6.17. The van der Waals surface area contributed by atoms with E-state index in [0.29, 0.717) is 23.1 Å². The lowest BCUT2D eigenvalue weighted by Gasteiger charge is -2.38. The largest absolute Gasteiger partial charge is 0.387 e. The average Bonchev–Trinajstić information content (AvgIpc) is 2.99. The van der Waals surface area contributed by atoms with Crippen molar-refractivity contribution in [2.24, 2.45) is 10.9 Å². The number of piperazine rings is 1. The van der Waals surface area contributed by atoms with Gasteiger partial charge >= 0.3 is 0 Å². The number of aliphatic imine (C=N–C) groups is 1. The number of alkyl halides is 1. The molecule has 9 heteroatoms. The molecule has 2 heterocycles. The van der Waals surface area contributed by atoms with Gasteiger partial charge in [0.15, 0.2) is 0 Å². The summed E-state index contributed by atoms with van der Waals surface area (Å²) in [5, 5.41) is 21.5. The van der Waals surface area contributed by atoms with Crippen molar-refractivity contribution in [2.75, 3.05) is 39.3 Å². The van der Waals surface area contributed by atoms with Gasteiger partial charge in [0.2, 0.25) is 0 Å². The lowest BCUT2D eigenvalue weighted by atomic mass is 9.85. The molecule has 2 unspecified atom stereocenters. The lowest BCUT2D eigenvalue weighted by molar-refractivity contribution is 0.114. The Morgan fingerprint density at radius 2 is 1.95 bits per heavy atom. The van der Waals surface area contributed by atoms with Crippen molar-refractivity contribution in [3.8, 4) is 0 Å². The van der Waals surface area contributed by atoms with Gasteiger partial charge in [-0.25, -0.2) is 9.38 Å². The maximum absolute atomic E-state index is 14.2. The maximum Gasteiger partial charge on any atom is 0.143 e. The summed E-state index contributed by atoms with van der Waals surface area (Å²) < 4.78 is 14.2. The topological polar surface area (TPSA) is 90.8 Å². The minimum Gasteiger partial charge on any atom is -0.387 e. The number of hydrogen-bond acceptors (Lipinski definition) is 8. The Morgan fingerprint density at radius 1 is 1.19 bits per heavy atom. The van der Waals surface area contributed by atoms with Crippen molar-refractivity contribution in [1.82, 2.24) is 31.1 Å². The number of halogens is 1. The van der Waals surface area contributed by atoms with Crippen LogP contribution in [0.1, 0.15) is 58.3 Å². The summed E-state index contributed by atoms with van der Waals surface area (Å²) in [6.07, 6.45) is 20.5. The molecule has 2 aliphatic carbocycles. The summed E-state index contributed by atoms with van der Waals surface area (Å²) in [4.78, 5) is 9.79. The second-order valence-corrected chi connectivity index (χ2v) is 12.0. The third kappa shape index (κ3) is 9.98. The van der Waals surface area contributed by atoms with Crippen LogP contribution in [-0.2, 0) is 0 Å². The van der Waals surface area contributed by atoms with Crippen molar-refractivity contribution >= 4 is 12.1 Å². The highest BCUT2D eigenvalue weighted by molar-refractivity contribution is 5.95. The Balaban J connectivity index is 1.29. The summed E-state index contributed by atoms with van der Waals surface area (Å²) in [7, 11) is 0. The third-order valence-corrected chi connectivity index (χ3v) is 8.53. The maximum atomic E-state index is 14.2. The molecule has 1 saturated heterocycles. The first-order chi connectivity index (χ1) is 20.4. The van der Waals surface area contributed by atoms with Crippen LogP contribution in [-0.4, -0.2) is 79.4 Å². The molecule has 1 saturated carbocycles. The van der Waals surface area contributed by atoms with Crippen LogP contribution in [0.15, 0.2) is 77.6 Å². The predicted molar refractivity (Wildman–Crippen MR) is 173 cm³/mol. The molecular weight excluding hydrogens is 527 g/mol. The van der Waals surface area contributed by atoms with E-state index in [1.807, 2.05) is 24.6 Å². The first-order valence-electron chi connectivity index (χ1n) is 15.7. The van der Waals surface area contributed by atoms with Gasteiger partial charge < -0.3 is 31.6 Å². The Hall–Kier alpha value is -3.17. The lowest BCUT2D eigenvalue weighted by Crippen LogP contribution is -2.48. The van der Waals surface area contributed by atoms with Crippen molar-refractivity contribution in [1.29, 1.82) is 5.41 Å². The van der Waals surface area contributed by atoms with E-state index in [1.54, 1.807) is 6.92 Å². The van der Waals surface area contributed by atoms with E-state index in [-0.39, 0.29) is 12.5 Å². The van der Waals surface area contributed by atoms with Crippen LogP contribution in [0.25, 0.3) is 0 Å². The van der Waals surface area contributed by atoms with Gasteiger partial charge in [-0.1, -0.05) is 24.8 Å². The summed E-state index contributed by atoms with van der Waals surface area (Å²) >= 11 is 0. The smallest absolute Gasteiger partial charge is 0.143 e. The zero-order chi connectivity index (χ0) is 29.7. The van der Waals surface area contributed by atoms with Crippen LogP contribution in [0.4, 0.5) is 4.39 Å². The molecule has 0 aromatic heterocycles. The Labute approximate surface area is 252 Å². The molecule has 2 aliphatic heterocycles. The fraction of sp³-hybridized carbons (Fsp3) is 0.576. The molecule has 0 aromatic carbocycles. The zero-order valence-electron chi connectivity index (χ0n) is 25.4. The molecule has 2 atom stereocenters. The molecule has 4 rings (SSSR count). The van der Waals surface area contributed by atoms with Crippen molar-refractivity contribution in [2.45, 2.75) is 76.5 Å². The minimum atomic E-state index is -1.01. The molecule has 2 fully saturated rings. The minimum absolute atomic E-state index is 0.233. The highest BCUT2D eigenvalue weighted by Crippen LogP contribution is 2.26. The van der Waals surface area contributed by atoms with E-state index in [1.165, 1.54) is 25.6 Å². The van der Waals surface area contributed by atoms with Crippen LogP contribution in [0.2, 0.25) is 0 Å². The molecule has 230 valence electrons. The molecule has 42 heavy (non-hydrogen) atoms. The molecule has 4 aliphatic rings. The SMILES string of the molecule is C=CCN1CCN(CC2CCC(N/C=C(\CC(C)F)NC(=C)/C(C=N)=C3\N=C(NC4C=CCCC4)C=CN3)CC2)CC1. The van der Waals surface area contributed by atoms with Gasteiger partial charge in [-0.3, -0.25) is 4.90 Å². The van der Waals surface area contributed by atoms with Crippen LogP contribution < -0.4 is 21.3 Å². The normalized spacial score (nSPS) is 27.3. The average molecular weight is 579 g/mol. The summed E-state index contributed by atoms with van der Waals surface area (Å²) in [5.74, 6) is 2.02. The van der Waals surface area contributed by atoms with Crippen LogP contribution in [0.3, 0.4) is 0 Å². The molecule has 5 N–H and O–H groups in total. The fourth-order valence-corrected chi connectivity index (χ4v) is 6.17. The van der Waals surface area contributed by atoms with Gasteiger partial charge in [0, 0.05) is 87.8 Å². The highest BCUT2D eigenvalue weighted by Gasteiger charge is 2.24. The first-order valence-corrected chi connectivity index (χ1v) is 15.7. The third-order valence-electron chi connectivity index (χ3n) is 8.53. The summed E-state index contributed by atoms with van der Waals surface area (Å²) in [6.45, 7) is 16.3. The van der Waals surface area contributed by atoms with E-state index in [2.05, 4.69) is 56.4 Å². The molecule has 8 nitrogen and oxygen atoms in total. The summed E-state index contributed by atoms with van der Waals surface area (Å²) in [6, 6.07) is 0.634.